The van der Waals surface area contributed by atoms with E-state index in [1.807, 2.05) is 18.2 Å². The van der Waals surface area contributed by atoms with Crippen LogP contribution in [0.5, 0.6) is 5.75 Å². The van der Waals surface area contributed by atoms with Gasteiger partial charge in [0, 0.05) is 22.2 Å². The number of nitro benzene ring substituents is 1. The van der Waals surface area contributed by atoms with Gasteiger partial charge in [0.05, 0.1) is 23.2 Å². The Morgan fingerprint density at radius 1 is 1.14 bits per heavy atom. The van der Waals surface area contributed by atoms with Crippen LogP contribution in [0.15, 0.2) is 46.9 Å². The molecule has 0 aliphatic rings. The molecular formula is C23H25BrN2O3. The normalized spacial score (nSPS) is 11.1. The molecule has 0 aliphatic heterocycles. The molecule has 2 aromatic carbocycles. The lowest BCUT2D eigenvalue weighted by molar-refractivity contribution is -0.384. The molecule has 0 fully saturated rings. The molecule has 0 amide bonds. The first-order chi connectivity index (χ1) is 14.0. The van der Waals surface area contributed by atoms with E-state index >= 15 is 0 Å². The standard InChI is InChI=1S/C23H25BrN2O3/c1-2-3-4-5-6-7-14-29-23-13-10-21(24)16-19(23)15-20(17-25)18-8-11-22(12-9-18)26(27)28/h8-13,15-16H,2-7,14H2,1H3/b20-15+. The van der Waals surface area contributed by atoms with Crippen LogP contribution in [0.25, 0.3) is 11.6 Å². The maximum atomic E-state index is 10.8. The van der Waals surface area contributed by atoms with Gasteiger partial charge < -0.3 is 4.74 Å². The highest BCUT2D eigenvalue weighted by Crippen LogP contribution is 2.28. The summed E-state index contributed by atoms with van der Waals surface area (Å²) in [5, 5.41) is 20.4. The Morgan fingerprint density at radius 3 is 2.48 bits per heavy atom. The molecule has 0 saturated carbocycles. The zero-order valence-corrected chi connectivity index (χ0v) is 18.2. The lowest BCUT2D eigenvalue weighted by Crippen LogP contribution is -1.99. The molecule has 152 valence electrons. The average Bonchev–Trinajstić information content (AvgIpc) is 2.72. The van der Waals surface area contributed by atoms with Crippen molar-refractivity contribution in [3.05, 3.63) is 68.2 Å². The van der Waals surface area contributed by atoms with Crippen molar-refractivity contribution in [2.75, 3.05) is 6.61 Å². The van der Waals surface area contributed by atoms with Crippen LogP contribution < -0.4 is 4.74 Å². The number of hydrogen-bond donors (Lipinski definition) is 0. The van der Waals surface area contributed by atoms with E-state index in [0.29, 0.717) is 17.7 Å². The van der Waals surface area contributed by atoms with Gasteiger partial charge in [0.1, 0.15) is 5.75 Å². The second-order valence-electron chi connectivity index (χ2n) is 6.77. The van der Waals surface area contributed by atoms with Gasteiger partial charge in [-0.25, -0.2) is 0 Å². The first-order valence-electron chi connectivity index (χ1n) is 9.84. The van der Waals surface area contributed by atoms with Gasteiger partial charge in [-0.1, -0.05) is 55.0 Å². The summed E-state index contributed by atoms with van der Waals surface area (Å²) in [6.07, 6.45) is 8.91. The van der Waals surface area contributed by atoms with Crippen molar-refractivity contribution >= 4 is 33.3 Å². The van der Waals surface area contributed by atoms with E-state index in [1.54, 1.807) is 18.2 Å². The summed E-state index contributed by atoms with van der Waals surface area (Å²) in [5.74, 6) is 0.719. The molecule has 0 N–H and O–H groups in total. The monoisotopic (exact) mass is 456 g/mol. The predicted molar refractivity (Wildman–Crippen MR) is 120 cm³/mol. The SMILES string of the molecule is CCCCCCCCOc1ccc(Br)cc1/C=C(\C#N)c1ccc([N+](=O)[O-])cc1. The summed E-state index contributed by atoms with van der Waals surface area (Å²) < 4.78 is 6.85. The second-order valence-corrected chi connectivity index (χ2v) is 7.69. The van der Waals surface area contributed by atoms with Gasteiger partial charge in [-0.2, -0.15) is 5.26 Å². The summed E-state index contributed by atoms with van der Waals surface area (Å²) in [4.78, 5) is 10.4. The molecule has 0 saturated heterocycles. The topological polar surface area (TPSA) is 76.2 Å². The third-order valence-corrected chi connectivity index (χ3v) is 5.03. The van der Waals surface area contributed by atoms with Crippen molar-refractivity contribution in [2.24, 2.45) is 0 Å². The molecule has 2 rings (SSSR count). The zero-order chi connectivity index (χ0) is 21.1. The number of nitriles is 1. The van der Waals surface area contributed by atoms with E-state index in [4.69, 9.17) is 4.74 Å². The van der Waals surface area contributed by atoms with Crippen molar-refractivity contribution in [2.45, 2.75) is 45.4 Å². The highest BCUT2D eigenvalue weighted by molar-refractivity contribution is 9.10. The molecule has 0 atom stereocenters. The van der Waals surface area contributed by atoms with Crippen LogP contribution in [-0.4, -0.2) is 11.5 Å². The summed E-state index contributed by atoms with van der Waals surface area (Å²) in [6, 6.07) is 13.8. The van der Waals surface area contributed by atoms with Crippen LogP contribution in [-0.2, 0) is 0 Å². The average molecular weight is 457 g/mol. The van der Waals surface area contributed by atoms with Crippen LogP contribution in [0.2, 0.25) is 0 Å². The van der Waals surface area contributed by atoms with Crippen molar-refractivity contribution in [1.29, 1.82) is 5.26 Å². The molecule has 0 unspecified atom stereocenters. The number of rotatable bonds is 11. The van der Waals surface area contributed by atoms with E-state index in [-0.39, 0.29) is 5.69 Å². The van der Waals surface area contributed by atoms with Gasteiger partial charge in [0.2, 0.25) is 0 Å². The highest BCUT2D eigenvalue weighted by Gasteiger charge is 2.09. The largest absolute Gasteiger partial charge is 0.493 e. The van der Waals surface area contributed by atoms with Crippen LogP contribution in [0.1, 0.15) is 56.6 Å². The number of hydrogen-bond acceptors (Lipinski definition) is 4. The lowest BCUT2D eigenvalue weighted by Gasteiger charge is -2.10. The minimum Gasteiger partial charge on any atom is -0.493 e. The second kappa shape index (κ2) is 12.0. The van der Waals surface area contributed by atoms with Crippen LogP contribution in [0, 0.1) is 21.4 Å². The Balaban J connectivity index is 2.12. The van der Waals surface area contributed by atoms with Gasteiger partial charge >= 0.3 is 0 Å². The van der Waals surface area contributed by atoms with Crippen LogP contribution >= 0.6 is 15.9 Å². The zero-order valence-electron chi connectivity index (χ0n) is 16.6. The number of benzene rings is 2. The van der Waals surface area contributed by atoms with E-state index in [0.717, 1.165) is 28.6 Å². The predicted octanol–water partition coefficient (Wildman–Crippen LogP) is 7.16. The van der Waals surface area contributed by atoms with Crippen molar-refractivity contribution in [3.63, 3.8) is 0 Å². The maximum absolute atomic E-state index is 10.8. The molecule has 0 heterocycles. The Bertz CT molecular complexity index is 886. The fraction of sp³-hybridized carbons (Fsp3) is 0.348. The molecular weight excluding hydrogens is 432 g/mol. The first-order valence-corrected chi connectivity index (χ1v) is 10.6. The Hall–Kier alpha value is -2.65. The Kier molecular flexibility index (Phi) is 9.39. The quantitative estimate of drug-likeness (QED) is 0.118. The van der Waals surface area contributed by atoms with E-state index in [1.165, 1.54) is 37.8 Å². The smallest absolute Gasteiger partial charge is 0.269 e. The summed E-state index contributed by atoms with van der Waals surface area (Å²) in [6.45, 7) is 2.84. The highest BCUT2D eigenvalue weighted by atomic mass is 79.9. The third-order valence-electron chi connectivity index (χ3n) is 4.54. The van der Waals surface area contributed by atoms with Crippen molar-refractivity contribution < 1.29 is 9.66 Å². The number of nitro groups is 1. The Morgan fingerprint density at radius 2 is 1.83 bits per heavy atom. The minimum atomic E-state index is -0.456. The lowest BCUT2D eigenvalue weighted by atomic mass is 10.0. The third kappa shape index (κ3) is 7.35. The maximum Gasteiger partial charge on any atom is 0.269 e. The van der Waals surface area contributed by atoms with Gasteiger partial charge in [-0.3, -0.25) is 10.1 Å². The molecule has 0 bridgehead atoms. The van der Waals surface area contributed by atoms with E-state index < -0.39 is 4.92 Å². The molecule has 0 radical (unpaired) electrons. The number of allylic oxidation sites excluding steroid dienone is 1. The number of nitrogens with zero attached hydrogens (tertiary/aromatic N) is 2. The van der Waals surface area contributed by atoms with Gasteiger partial charge in [0.25, 0.3) is 5.69 Å². The van der Waals surface area contributed by atoms with Crippen LogP contribution in [0.3, 0.4) is 0 Å². The van der Waals surface area contributed by atoms with E-state index in [2.05, 4.69) is 28.9 Å². The first kappa shape index (κ1) is 22.6. The molecule has 2 aromatic rings. The fourth-order valence-corrected chi connectivity index (χ4v) is 3.31. The van der Waals surface area contributed by atoms with E-state index in [9.17, 15) is 15.4 Å². The number of non-ortho nitro benzene ring substituents is 1. The fourth-order valence-electron chi connectivity index (χ4n) is 2.93. The van der Waals surface area contributed by atoms with Gasteiger partial charge in [-0.15, -0.1) is 0 Å². The number of ether oxygens (including phenoxy) is 1. The summed E-state index contributed by atoms with van der Waals surface area (Å²) >= 11 is 3.46. The minimum absolute atomic E-state index is 0.00328. The van der Waals surface area contributed by atoms with Gasteiger partial charge in [0.15, 0.2) is 0 Å². The number of unbranched alkanes of at least 4 members (excludes halogenated alkanes) is 5. The molecule has 6 heteroatoms. The van der Waals surface area contributed by atoms with Crippen LogP contribution in [0.4, 0.5) is 5.69 Å². The summed E-state index contributed by atoms with van der Waals surface area (Å²) in [7, 11) is 0. The molecule has 0 aliphatic carbocycles. The van der Waals surface area contributed by atoms with Gasteiger partial charge in [-0.05, 0) is 48.4 Å². The number of halogens is 1. The van der Waals surface area contributed by atoms with Crippen molar-refractivity contribution in [3.8, 4) is 11.8 Å². The summed E-state index contributed by atoms with van der Waals surface area (Å²) in [5.41, 5.74) is 1.83. The van der Waals surface area contributed by atoms with Crippen molar-refractivity contribution in [1.82, 2.24) is 0 Å². The Labute approximate surface area is 180 Å². The molecule has 5 nitrogen and oxygen atoms in total. The molecule has 0 spiro atoms. The molecule has 29 heavy (non-hydrogen) atoms. The molecule has 0 aromatic heterocycles.